The first-order valence-corrected chi connectivity index (χ1v) is 12.4. The van der Waals surface area contributed by atoms with Gasteiger partial charge in [-0.1, -0.05) is 41.5 Å². The molecule has 1 heteroatoms. The molecule has 1 nitrogen and oxygen atoms in total. The van der Waals surface area contributed by atoms with Crippen molar-refractivity contribution in [3.63, 3.8) is 0 Å². The molecule has 0 aromatic heterocycles. The highest BCUT2D eigenvalue weighted by Gasteiger charge is 2.68. The second-order valence-corrected chi connectivity index (χ2v) is 13.2. The SMILES string of the molecule is CC1(C)CC[C@]2(C)CC[C@]3(C)[C@H](CC[C@@]4(C)C5=C(CC[C@]43C)OCCC5)[C@@H]2C1. The Morgan fingerprint density at radius 1 is 0.786 bits per heavy atom. The van der Waals surface area contributed by atoms with Crippen LogP contribution in [0.2, 0.25) is 0 Å². The fourth-order valence-electron chi connectivity index (χ4n) is 9.31. The van der Waals surface area contributed by atoms with Gasteiger partial charge < -0.3 is 4.74 Å². The number of fused-ring (bicyclic) bond motifs is 6. The Morgan fingerprint density at radius 2 is 1.54 bits per heavy atom. The lowest BCUT2D eigenvalue weighted by molar-refractivity contribution is -0.209. The van der Waals surface area contributed by atoms with Crippen LogP contribution in [0.15, 0.2) is 11.3 Å². The molecule has 0 spiro atoms. The molecule has 28 heavy (non-hydrogen) atoms. The standard InChI is InChI=1S/C27H44O/c1-23(2)13-14-24(3)15-16-26(5)19(21(24)18-23)9-11-25(4)20-8-7-17-28-22(20)10-12-27(25,26)6/h19,21H,7-18H2,1-6H3/t19-,21+,24-,25+,26-,27-/m1/s1. The summed E-state index contributed by atoms with van der Waals surface area (Å²) in [6.45, 7) is 16.8. The van der Waals surface area contributed by atoms with E-state index in [2.05, 4.69) is 41.5 Å². The third kappa shape index (κ3) is 2.31. The van der Waals surface area contributed by atoms with Crippen molar-refractivity contribution in [1.82, 2.24) is 0 Å². The molecule has 0 bridgehead atoms. The summed E-state index contributed by atoms with van der Waals surface area (Å²) in [4.78, 5) is 0. The van der Waals surface area contributed by atoms with Crippen molar-refractivity contribution < 1.29 is 4.74 Å². The van der Waals surface area contributed by atoms with Gasteiger partial charge in [0, 0.05) is 6.42 Å². The molecule has 1 heterocycles. The van der Waals surface area contributed by atoms with Crippen molar-refractivity contribution in [2.75, 3.05) is 6.61 Å². The van der Waals surface area contributed by atoms with Gasteiger partial charge in [-0.05, 0) is 109 Å². The van der Waals surface area contributed by atoms with E-state index in [1.54, 1.807) is 5.57 Å². The minimum absolute atomic E-state index is 0.365. The number of hydrogen-bond donors (Lipinski definition) is 0. The molecule has 158 valence electrons. The highest BCUT2D eigenvalue weighted by Crippen LogP contribution is 2.76. The fourth-order valence-corrected chi connectivity index (χ4v) is 9.31. The summed E-state index contributed by atoms with van der Waals surface area (Å²) < 4.78 is 6.22. The molecule has 0 amide bonds. The van der Waals surface area contributed by atoms with Gasteiger partial charge in [-0.25, -0.2) is 0 Å². The molecule has 0 unspecified atom stereocenters. The normalized spacial score (nSPS) is 52.6. The van der Waals surface area contributed by atoms with Crippen LogP contribution >= 0.6 is 0 Å². The molecule has 0 radical (unpaired) electrons. The van der Waals surface area contributed by atoms with Crippen LogP contribution in [0.5, 0.6) is 0 Å². The van der Waals surface area contributed by atoms with Crippen LogP contribution in [0.25, 0.3) is 0 Å². The number of rotatable bonds is 0. The lowest BCUT2D eigenvalue weighted by atomic mass is 9.33. The van der Waals surface area contributed by atoms with E-state index in [-0.39, 0.29) is 0 Å². The van der Waals surface area contributed by atoms with Crippen LogP contribution < -0.4 is 0 Å². The van der Waals surface area contributed by atoms with Crippen LogP contribution in [0.3, 0.4) is 0 Å². The van der Waals surface area contributed by atoms with Crippen molar-refractivity contribution >= 4 is 0 Å². The number of ether oxygens (including phenoxy) is 1. The Hall–Kier alpha value is -0.460. The predicted octanol–water partition coefficient (Wildman–Crippen LogP) is 7.90. The molecule has 0 aromatic rings. The van der Waals surface area contributed by atoms with Crippen LogP contribution in [0, 0.1) is 38.9 Å². The van der Waals surface area contributed by atoms with Crippen molar-refractivity contribution in [3.8, 4) is 0 Å². The van der Waals surface area contributed by atoms with Crippen LogP contribution in [0.4, 0.5) is 0 Å². The lowest BCUT2D eigenvalue weighted by Crippen LogP contribution is -2.64. The average Bonchev–Trinajstić information content (AvgIpc) is 2.65. The maximum atomic E-state index is 6.22. The first-order chi connectivity index (χ1) is 13.0. The Balaban J connectivity index is 1.57. The second-order valence-electron chi connectivity index (χ2n) is 13.2. The van der Waals surface area contributed by atoms with Crippen molar-refractivity contribution in [1.29, 1.82) is 0 Å². The van der Waals surface area contributed by atoms with Crippen LogP contribution in [-0.4, -0.2) is 6.61 Å². The van der Waals surface area contributed by atoms with Gasteiger partial charge in [-0.15, -0.1) is 0 Å². The molecular weight excluding hydrogens is 340 g/mol. The van der Waals surface area contributed by atoms with E-state index in [0.29, 0.717) is 27.1 Å². The first kappa shape index (κ1) is 19.5. The van der Waals surface area contributed by atoms with Crippen LogP contribution in [-0.2, 0) is 4.74 Å². The molecule has 4 aliphatic carbocycles. The van der Waals surface area contributed by atoms with Gasteiger partial charge in [0.05, 0.1) is 12.4 Å². The molecule has 5 rings (SSSR count). The van der Waals surface area contributed by atoms with Crippen molar-refractivity contribution in [2.24, 2.45) is 38.9 Å². The summed E-state index contributed by atoms with van der Waals surface area (Å²) in [5.74, 6) is 3.28. The zero-order chi connectivity index (χ0) is 20.0. The van der Waals surface area contributed by atoms with Gasteiger partial charge >= 0.3 is 0 Å². The first-order valence-electron chi connectivity index (χ1n) is 12.4. The number of hydrogen-bond acceptors (Lipinski definition) is 1. The third-order valence-electron chi connectivity index (χ3n) is 11.7. The highest BCUT2D eigenvalue weighted by molar-refractivity contribution is 5.31. The molecule has 5 aliphatic rings. The molecule has 1 aliphatic heterocycles. The van der Waals surface area contributed by atoms with Crippen LogP contribution in [0.1, 0.15) is 112 Å². The van der Waals surface area contributed by atoms with Gasteiger partial charge in [-0.3, -0.25) is 0 Å². The van der Waals surface area contributed by atoms with Crippen molar-refractivity contribution in [3.05, 3.63) is 11.3 Å². The summed E-state index contributed by atoms with van der Waals surface area (Å²) in [7, 11) is 0. The van der Waals surface area contributed by atoms with E-state index in [1.807, 2.05) is 0 Å². The Labute approximate surface area is 174 Å². The Bertz CT molecular complexity index is 703. The van der Waals surface area contributed by atoms with Gasteiger partial charge in [0.15, 0.2) is 0 Å². The topological polar surface area (TPSA) is 9.23 Å². The molecule has 0 saturated heterocycles. The largest absolute Gasteiger partial charge is 0.498 e. The predicted molar refractivity (Wildman–Crippen MR) is 117 cm³/mol. The Kier molecular flexibility index (Phi) is 4.05. The average molecular weight is 385 g/mol. The molecular formula is C27H44O. The summed E-state index contributed by atoms with van der Waals surface area (Å²) >= 11 is 0. The third-order valence-corrected chi connectivity index (χ3v) is 11.7. The second kappa shape index (κ2) is 5.82. The van der Waals surface area contributed by atoms with E-state index in [1.165, 1.54) is 76.4 Å². The monoisotopic (exact) mass is 384 g/mol. The summed E-state index contributed by atoms with van der Waals surface area (Å²) in [5, 5.41) is 0. The summed E-state index contributed by atoms with van der Waals surface area (Å²) in [5.41, 5.74) is 4.19. The Morgan fingerprint density at radius 3 is 2.32 bits per heavy atom. The van der Waals surface area contributed by atoms with Gasteiger partial charge in [0.2, 0.25) is 0 Å². The van der Waals surface area contributed by atoms with Gasteiger partial charge in [0.1, 0.15) is 0 Å². The minimum Gasteiger partial charge on any atom is -0.498 e. The van der Waals surface area contributed by atoms with E-state index < -0.39 is 0 Å². The van der Waals surface area contributed by atoms with Gasteiger partial charge in [-0.2, -0.15) is 0 Å². The maximum absolute atomic E-state index is 6.22. The molecule has 3 fully saturated rings. The van der Waals surface area contributed by atoms with Gasteiger partial charge in [0.25, 0.3) is 0 Å². The molecule has 0 N–H and O–H groups in total. The lowest BCUT2D eigenvalue weighted by Gasteiger charge is -2.72. The zero-order valence-electron chi connectivity index (χ0n) is 19.5. The zero-order valence-corrected chi connectivity index (χ0v) is 19.5. The maximum Gasteiger partial charge on any atom is 0.0957 e. The van der Waals surface area contributed by atoms with E-state index in [4.69, 9.17) is 4.74 Å². The smallest absolute Gasteiger partial charge is 0.0957 e. The molecule has 6 atom stereocenters. The minimum atomic E-state index is 0.365. The molecule has 3 saturated carbocycles. The highest BCUT2D eigenvalue weighted by atomic mass is 16.5. The summed E-state index contributed by atoms with van der Waals surface area (Å²) in [6.07, 6.45) is 15.2. The van der Waals surface area contributed by atoms with E-state index in [0.717, 1.165) is 18.4 Å². The van der Waals surface area contributed by atoms with Crippen molar-refractivity contribution in [2.45, 2.75) is 112 Å². The number of allylic oxidation sites excluding steroid dienone is 2. The summed E-state index contributed by atoms with van der Waals surface area (Å²) in [6, 6.07) is 0. The fraction of sp³-hybridized carbons (Fsp3) is 0.926. The quantitative estimate of drug-likeness (QED) is 0.412. The molecule has 0 aromatic carbocycles. The van der Waals surface area contributed by atoms with E-state index >= 15 is 0 Å². The van der Waals surface area contributed by atoms with E-state index in [9.17, 15) is 0 Å².